The molecule has 1 rings (SSSR count). The average Bonchev–Trinajstić information content (AvgIpc) is 2.30. The van der Waals surface area contributed by atoms with Crippen LogP contribution >= 0.6 is 27.5 Å². The van der Waals surface area contributed by atoms with Crippen molar-refractivity contribution in [2.75, 3.05) is 0 Å². The fourth-order valence-corrected chi connectivity index (χ4v) is 7.86. The lowest BCUT2D eigenvalue weighted by Gasteiger charge is -2.30. The van der Waals surface area contributed by atoms with Gasteiger partial charge in [0, 0.05) is 4.47 Å². The van der Waals surface area contributed by atoms with E-state index in [1.54, 1.807) is 6.07 Å². The zero-order valence-corrected chi connectivity index (χ0v) is 13.3. The molecule has 0 heterocycles. The van der Waals surface area contributed by atoms with E-state index in [2.05, 4.69) is 36.7 Å². The number of hydrogen-bond acceptors (Lipinski definition) is 0. The standard InChI is InChI=1S/C12H17BrClFSi/c1-4-16(5-2,6-3)12-10(15)8-7-9(14)11(12)13/h7-8H,4-6H2,1-3H3. The second kappa shape index (κ2) is 5.65. The Morgan fingerprint density at radius 1 is 1.19 bits per heavy atom. The second-order valence-corrected chi connectivity index (χ2v) is 10.4. The summed E-state index contributed by atoms with van der Waals surface area (Å²) in [5.41, 5.74) is 0. The lowest BCUT2D eigenvalue weighted by atomic mass is 10.3. The van der Waals surface area contributed by atoms with E-state index in [4.69, 9.17) is 11.6 Å². The van der Waals surface area contributed by atoms with Gasteiger partial charge in [-0.25, -0.2) is 4.39 Å². The second-order valence-electron chi connectivity index (χ2n) is 4.06. The van der Waals surface area contributed by atoms with Crippen LogP contribution in [0.4, 0.5) is 4.39 Å². The predicted octanol–water partition coefficient (Wildman–Crippen LogP) is 4.96. The van der Waals surface area contributed by atoms with Gasteiger partial charge in [0.1, 0.15) is 5.82 Å². The van der Waals surface area contributed by atoms with E-state index >= 15 is 0 Å². The van der Waals surface area contributed by atoms with Gasteiger partial charge in [0.15, 0.2) is 0 Å². The van der Waals surface area contributed by atoms with Crippen molar-refractivity contribution in [1.29, 1.82) is 0 Å². The Morgan fingerprint density at radius 3 is 2.12 bits per heavy atom. The lowest BCUT2D eigenvalue weighted by Crippen LogP contribution is -2.48. The van der Waals surface area contributed by atoms with Gasteiger partial charge in [-0.3, -0.25) is 0 Å². The molecule has 0 amide bonds. The number of benzene rings is 1. The highest BCUT2D eigenvalue weighted by Gasteiger charge is 2.34. The van der Waals surface area contributed by atoms with Crippen LogP contribution in [0.2, 0.25) is 23.2 Å². The molecule has 4 heteroatoms. The molecule has 0 aromatic heterocycles. The molecular formula is C12H17BrClFSi. The van der Waals surface area contributed by atoms with E-state index in [0.29, 0.717) is 5.02 Å². The molecule has 0 nitrogen and oxygen atoms in total. The van der Waals surface area contributed by atoms with Crippen molar-refractivity contribution in [1.82, 2.24) is 0 Å². The first-order valence-corrected chi connectivity index (χ1v) is 9.45. The van der Waals surface area contributed by atoms with E-state index in [0.717, 1.165) is 27.8 Å². The number of hydrogen-bond donors (Lipinski definition) is 0. The molecule has 90 valence electrons. The van der Waals surface area contributed by atoms with Gasteiger partial charge in [-0.15, -0.1) is 0 Å². The first-order chi connectivity index (χ1) is 7.52. The summed E-state index contributed by atoms with van der Waals surface area (Å²) in [6, 6.07) is 6.26. The van der Waals surface area contributed by atoms with Crippen molar-refractivity contribution < 1.29 is 4.39 Å². The van der Waals surface area contributed by atoms with Crippen LogP contribution in [0.1, 0.15) is 20.8 Å². The molecular weight excluding hydrogens is 307 g/mol. The van der Waals surface area contributed by atoms with Crippen molar-refractivity contribution in [2.45, 2.75) is 38.9 Å². The number of rotatable bonds is 4. The maximum Gasteiger partial charge on any atom is 0.123 e. The van der Waals surface area contributed by atoms with Crippen molar-refractivity contribution >= 4 is 40.8 Å². The minimum atomic E-state index is -1.72. The Kier molecular flexibility index (Phi) is 5.01. The Labute approximate surface area is 111 Å². The van der Waals surface area contributed by atoms with Crippen LogP contribution in [0.25, 0.3) is 0 Å². The van der Waals surface area contributed by atoms with Crippen molar-refractivity contribution in [3.05, 3.63) is 27.4 Å². The van der Waals surface area contributed by atoms with Crippen LogP contribution in [0.3, 0.4) is 0 Å². The molecule has 0 bridgehead atoms. The fraction of sp³-hybridized carbons (Fsp3) is 0.500. The van der Waals surface area contributed by atoms with Crippen molar-refractivity contribution in [3.8, 4) is 0 Å². The van der Waals surface area contributed by atoms with Crippen LogP contribution < -0.4 is 5.19 Å². The molecule has 1 aromatic rings. The van der Waals surface area contributed by atoms with E-state index in [1.807, 2.05) is 0 Å². The van der Waals surface area contributed by atoms with Gasteiger partial charge in [-0.1, -0.05) is 50.5 Å². The maximum absolute atomic E-state index is 14.0. The van der Waals surface area contributed by atoms with Crippen LogP contribution in [0.5, 0.6) is 0 Å². The molecule has 0 aliphatic heterocycles. The number of halogens is 3. The zero-order valence-electron chi connectivity index (χ0n) is 9.91. The Balaban J connectivity index is 3.45. The quantitative estimate of drug-likeness (QED) is 0.543. The monoisotopic (exact) mass is 322 g/mol. The van der Waals surface area contributed by atoms with Gasteiger partial charge in [0.2, 0.25) is 0 Å². The van der Waals surface area contributed by atoms with Gasteiger partial charge in [-0.05, 0) is 33.2 Å². The molecule has 0 atom stereocenters. The molecule has 0 saturated carbocycles. The fourth-order valence-electron chi connectivity index (χ4n) is 2.29. The highest BCUT2D eigenvalue weighted by molar-refractivity contribution is 9.10. The summed E-state index contributed by atoms with van der Waals surface area (Å²) in [4.78, 5) is 0. The molecule has 0 saturated heterocycles. The van der Waals surface area contributed by atoms with E-state index < -0.39 is 8.07 Å². The highest BCUT2D eigenvalue weighted by Crippen LogP contribution is 2.29. The molecule has 0 radical (unpaired) electrons. The van der Waals surface area contributed by atoms with Gasteiger partial charge in [0.25, 0.3) is 0 Å². The van der Waals surface area contributed by atoms with E-state index in [1.165, 1.54) is 6.07 Å². The molecule has 16 heavy (non-hydrogen) atoms. The minimum Gasteiger partial charge on any atom is -0.207 e. The molecule has 0 N–H and O–H groups in total. The summed E-state index contributed by atoms with van der Waals surface area (Å²) >= 11 is 9.52. The van der Waals surface area contributed by atoms with Crippen LogP contribution in [0, 0.1) is 5.82 Å². The van der Waals surface area contributed by atoms with Crippen molar-refractivity contribution in [2.24, 2.45) is 0 Å². The summed E-state index contributed by atoms with van der Waals surface area (Å²) in [7, 11) is -1.72. The largest absolute Gasteiger partial charge is 0.207 e. The SMILES string of the molecule is CC[Si](CC)(CC)c1c(F)ccc(Cl)c1Br. The third-order valence-electron chi connectivity index (χ3n) is 3.60. The summed E-state index contributed by atoms with van der Waals surface area (Å²) in [5.74, 6) is -0.103. The van der Waals surface area contributed by atoms with Crippen molar-refractivity contribution in [3.63, 3.8) is 0 Å². The molecule has 1 aromatic carbocycles. The van der Waals surface area contributed by atoms with Gasteiger partial charge in [0.05, 0.1) is 13.1 Å². The molecule has 0 aliphatic rings. The first kappa shape index (κ1) is 14.2. The Bertz CT molecular complexity index is 369. The summed E-state index contributed by atoms with van der Waals surface area (Å²) in [6.07, 6.45) is 0. The smallest absolute Gasteiger partial charge is 0.123 e. The summed E-state index contributed by atoms with van der Waals surface area (Å²) in [6.45, 7) is 6.48. The molecule has 0 aliphatic carbocycles. The van der Waals surface area contributed by atoms with Crippen LogP contribution in [-0.4, -0.2) is 8.07 Å². The zero-order chi connectivity index (χ0) is 12.3. The summed E-state index contributed by atoms with van der Waals surface area (Å²) in [5, 5.41) is 1.48. The highest BCUT2D eigenvalue weighted by atomic mass is 79.9. The van der Waals surface area contributed by atoms with Gasteiger partial charge >= 0.3 is 0 Å². The third kappa shape index (κ3) is 2.36. The van der Waals surface area contributed by atoms with E-state index in [-0.39, 0.29) is 5.82 Å². The topological polar surface area (TPSA) is 0 Å². The van der Waals surface area contributed by atoms with E-state index in [9.17, 15) is 4.39 Å². The third-order valence-corrected chi connectivity index (χ3v) is 10.9. The average molecular weight is 324 g/mol. The maximum atomic E-state index is 14.0. The summed E-state index contributed by atoms with van der Waals surface area (Å²) < 4.78 is 14.8. The first-order valence-electron chi connectivity index (χ1n) is 5.66. The Hall–Kier alpha value is 0.137. The van der Waals surface area contributed by atoms with Gasteiger partial charge < -0.3 is 0 Å². The normalized spacial score (nSPS) is 11.9. The molecule has 0 spiro atoms. The lowest BCUT2D eigenvalue weighted by molar-refractivity contribution is 0.634. The van der Waals surface area contributed by atoms with Crippen LogP contribution in [0.15, 0.2) is 16.6 Å². The van der Waals surface area contributed by atoms with Gasteiger partial charge in [-0.2, -0.15) is 0 Å². The van der Waals surface area contributed by atoms with Crippen LogP contribution in [-0.2, 0) is 0 Å². The molecule has 0 fully saturated rings. The predicted molar refractivity (Wildman–Crippen MR) is 75.9 cm³/mol. The Morgan fingerprint density at radius 2 is 1.69 bits per heavy atom. The molecule has 0 unspecified atom stereocenters. The minimum absolute atomic E-state index is 0.103.